The van der Waals surface area contributed by atoms with Crippen LogP contribution in [0.15, 0.2) is 0 Å². The van der Waals surface area contributed by atoms with E-state index in [0.29, 0.717) is 5.25 Å². The van der Waals surface area contributed by atoms with Crippen LogP contribution in [0.5, 0.6) is 0 Å². The van der Waals surface area contributed by atoms with Crippen molar-refractivity contribution in [2.24, 2.45) is 0 Å². The fourth-order valence-electron chi connectivity index (χ4n) is 1.08. The van der Waals surface area contributed by atoms with Gasteiger partial charge in [0.2, 0.25) is 0 Å². The molecule has 3 heteroatoms. The highest BCUT2D eigenvalue weighted by Gasteiger charge is 2.26. The largest absolute Gasteiger partial charge is 0.461 e. The van der Waals surface area contributed by atoms with Crippen LogP contribution in [0, 0.1) is 0 Å². The molecule has 2 nitrogen and oxygen atoms in total. The molecular weight excluding hydrogens is 148 g/mol. The summed E-state index contributed by atoms with van der Waals surface area (Å²) in [7, 11) is 0. The topological polar surface area (TPSA) is 26.3 Å². The molecule has 0 aliphatic carbocycles. The molecule has 1 aliphatic rings. The first-order valence-corrected chi connectivity index (χ1v) is 4.54. The van der Waals surface area contributed by atoms with Crippen LogP contribution in [-0.4, -0.2) is 23.1 Å². The van der Waals surface area contributed by atoms with Gasteiger partial charge in [0.05, 0.1) is 0 Å². The SMILES string of the molecule is CC(=O)O[C@@H]1CCS[C@@H]1C. The van der Waals surface area contributed by atoms with E-state index >= 15 is 0 Å². The zero-order chi connectivity index (χ0) is 7.56. The molecule has 1 heterocycles. The van der Waals surface area contributed by atoms with Gasteiger partial charge in [0, 0.05) is 12.2 Å². The lowest BCUT2D eigenvalue weighted by atomic mass is 10.2. The van der Waals surface area contributed by atoms with E-state index in [0.717, 1.165) is 12.2 Å². The summed E-state index contributed by atoms with van der Waals surface area (Å²) in [6.07, 6.45) is 1.19. The molecule has 0 radical (unpaired) electrons. The highest BCUT2D eigenvalue weighted by Crippen LogP contribution is 2.28. The summed E-state index contributed by atoms with van der Waals surface area (Å²) < 4.78 is 5.06. The van der Waals surface area contributed by atoms with Crippen LogP contribution in [0.3, 0.4) is 0 Å². The molecule has 2 atom stereocenters. The zero-order valence-electron chi connectivity index (χ0n) is 6.29. The fraction of sp³-hybridized carbons (Fsp3) is 0.857. The molecular formula is C7H12O2S. The lowest BCUT2D eigenvalue weighted by Crippen LogP contribution is -2.21. The van der Waals surface area contributed by atoms with E-state index in [-0.39, 0.29) is 12.1 Å². The summed E-state index contributed by atoms with van der Waals surface area (Å²) >= 11 is 1.87. The monoisotopic (exact) mass is 160 g/mol. The van der Waals surface area contributed by atoms with Crippen molar-refractivity contribution in [2.45, 2.75) is 31.6 Å². The van der Waals surface area contributed by atoms with E-state index in [1.807, 2.05) is 11.8 Å². The minimum absolute atomic E-state index is 0.153. The quantitative estimate of drug-likeness (QED) is 0.543. The van der Waals surface area contributed by atoms with Crippen LogP contribution in [0.4, 0.5) is 0 Å². The average molecular weight is 160 g/mol. The van der Waals surface area contributed by atoms with Gasteiger partial charge < -0.3 is 4.74 Å². The number of esters is 1. The third kappa shape index (κ3) is 1.90. The second-order valence-electron chi connectivity index (χ2n) is 2.51. The Morgan fingerprint density at radius 1 is 1.70 bits per heavy atom. The smallest absolute Gasteiger partial charge is 0.302 e. The first kappa shape index (κ1) is 7.92. The van der Waals surface area contributed by atoms with Gasteiger partial charge in [-0.05, 0) is 19.1 Å². The van der Waals surface area contributed by atoms with E-state index in [1.54, 1.807) is 0 Å². The van der Waals surface area contributed by atoms with Crippen LogP contribution < -0.4 is 0 Å². The number of rotatable bonds is 1. The Morgan fingerprint density at radius 3 is 2.80 bits per heavy atom. The molecule has 0 aromatic rings. The molecule has 0 saturated carbocycles. The number of hydrogen-bond donors (Lipinski definition) is 0. The van der Waals surface area contributed by atoms with E-state index in [2.05, 4.69) is 6.92 Å². The van der Waals surface area contributed by atoms with E-state index in [1.165, 1.54) is 6.92 Å². The Hall–Kier alpha value is -0.180. The molecule has 0 amide bonds. The van der Waals surface area contributed by atoms with E-state index in [9.17, 15) is 4.79 Å². The molecule has 1 rings (SSSR count). The summed E-state index contributed by atoms with van der Waals surface area (Å²) in [6, 6.07) is 0. The maximum Gasteiger partial charge on any atom is 0.302 e. The molecule has 0 spiro atoms. The van der Waals surface area contributed by atoms with Gasteiger partial charge in [-0.25, -0.2) is 0 Å². The minimum atomic E-state index is -0.153. The highest BCUT2D eigenvalue weighted by molar-refractivity contribution is 8.00. The van der Waals surface area contributed by atoms with Gasteiger partial charge in [-0.15, -0.1) is 0 Å². The van der Waals surface area contributed by atoms with Crippen molar-refractivity contribution < 1.29 is 9.53 Å². The normalized spacial score (nSPS) is 32.2. The molecule has 1 saturated heterocycles. The zero-order valence-corrected chi connectivity index (χ0v) is 7.11. The van der Waals surface area contributed by atoms with Crippen LogP contribution >= 0.6 is 11.8 Å². The van der Waals surface area contributed by atoms with Crippen molar-refractivity contribution in [1.82, 2.24) is 0 Å². The lowest BCUT2D eigenvalue weighted by molar-refractivity contribution is -0.145. The summed E-state index contributed by atoms with van der Waals surface area (Å²) in [6.45, 7) is 3.57. The van der Waals surface area contributed by atoms with Crippen molar-refractivity contribution in [2.75, 3.05) is 5.75 Å². The second-order valence-corrected chi connectivity index (χ2v) is 4.00. The molecule has 0 bridgehead atoms. The average Bonchev–Trinajstić information content (AvgIpc) is 2.15. The Balaban J connectivity index is 2.33. The molecule has 1 fully saturated rings. The third-order valence-corrected chi connectivity index (χ3v) is 2.92. The van der Waals surface area contributed by atoms with Crippen LogP contribution in [-0.2, 0) is 9.53 Å². The van der Waals surface area contributed by atoms with E-state index in [4.69, 9.17) is 4.74 Å². The summed E-state index contributed by atoms with van der Waals surface area (Å²) in [5.41, 5.74) is 0. The molecule has 0 aromatic heterocycles. The van der Waals surface area contributed by atoms with Crippen LogP contribution in [0.1, 0.15) is 20.3 Å². The maximum atomic E-state index is 10.5. The molecule has 58 valence electrons. The number of hydrogen-bond acceptors (Lipinski definition) is 3. The molecule has 1 aliphatic heterocycles. The van der Waals surface area contributed by atoms with Gasteiger partial charge in [-0.2, -0.15) is 11.8 Å². The summed E-state index contributed by atoms with van der Waals surface area (Å²) in [4.78, 5) is 10.5. The minimum Gasteiger partial charge on any atom is -0.461 e. The Bertz CT molecular complexity index is 136. The number of carbonyl (C=O) groups is 1. The maximum absolute atomic E-state index is 10.5. The van der Waals surface area contributed by atoms with E-state index < -0.39 is 0 Å². The van der Waals surface area contributed by atoms with Gasteiger partial charge in [0.15, 0.2) is 0 Å². The van der Waals surface area contributed by atoms with Crippen LogP contribution in [0.2, 0.25) is 0 Å². The van der Waals surface area contributed by atoms with Crippen molar-refractivity contribution >= 4 is 17.7 Å². The van der Waals surface area contributed by atoms with Crippen molar-refractivity contribution in [3.8, 4) is 0 Å². The Kier molecular flexibility index (Phi) is 2.60. The fourth-order valence-corrected chi connectivity index (χ4v) is 2.23. The van der Waals surface area contributed by atoms with Gasteiger partial charge in [-0.3, -0.25) is 4.79 Å². The van der Waals surface area contributed by atoms with Crippen LogP contribution in [0.25, 0.3) is 0 Å². The van der Waals surface area contributed by atoms with Gasteiger partial charge in [0.25, 0.3) is 0 Å². The summed E-state index contributed by atoms with van der Waals surface area (Å²) in [5, 5.41) is 0.490. The first-order valence-electron chi connectivity index (χ1n) is 3.49. The summed E-state index contributed by atoms with van der Waals surface area (Å²) in [5.74, 6) is 0.971. The molecule has 0 N–H and O–H groups in total. The van der Waals surface area contributed by atoms with Crippen molar-refractivity contribution in [3.05, 3.63) is 0 Å². The van der Waals surface area contributed by atoms with Gasteiger partial charge >= 0.3 is 5.97 Å². The third-order valence-electron chi connectivity index (χ3n) is 1.62. The van der Waals surface area contributed by atoms with Crippen molar-refractivity contribution in [1.29, 1.82) is 0 Å². The molecule has 0 aromatic carbocycles. The number of carbonyl (C=O) groups excluding carboxylic acids is 1. The molecule has 10 heavy (non-hydrogen) atoms. The predicted octanol–water partition coefficient (Wildman–Crippen LogP) is 1.44. The van der Waals surface area contributed by atoms with Gasteiger partial charge in [-0.1, -0.05) is 0 Å². The Morgan fingerprint density at radius 2 is 2.40 bits per heavy atom. The Labute approximate surface area is 65.3 Å². The standard InChI is InChI=1S/C7H12O2S/c1-5-7(3-4-10-5)9-6(2)8/h5,7H,3-4H2,1-2H3/t5-,7-/m1/s1. The number of ether oxygens (including phenoxy) is 1. The lowest BCUT2D eigenvalue weighted by Gasteiger charge is -2.13. The van der Waals surface area contributed by atoms with Gasteiger partial charge in [0.1, 0.15) is 6.10 Å². The predicted molar refractivity (Wildman–Crippen MR) is 42.1 cm³/mol. The van der Waals surface area contributed by atoms with Crippen molar-refractivity contribution in [3.63, 3.8) is 0 Å². The molecule has 0 unspecified atom stereocenters. The number of thioether (sulfide) groups is 1. The first-order chi connectivity index (χ1) is 4.70. The second kappa shape index (κ2) is 3.28. The highest BCUT2D eigenvalue weighted by atomic mass is 32.2.